The molecule has 0 aromatic heterocycles. The van der Waals surface area contributed by atoms with E-state index in [-0.39, 0.29) is 17.1 Å². The van der Waals surface area contributed by atoms with E-state index < -0.39 is 14.4 Å². The van der Waals surface area contributed by atoms with Crippen molar-refractivity contribution in [1.82, 2.24) is 0 Å². The molecule has 0 aliphatic heterocycles. The second-order valence-corrected chi connectivity index (χ2v) is 13.2. The highest BCUT2D eigenvalue weighted by Crippen LogP contribution is 2.38. The van der Waals surface area contributed by atoms with Crippen molar-refractivity contribution in [3.05, 3.63) is 48.6 Å². The third-order valence-electron chi connectivity index (χ3n) is 5.17. The Morgan fingerprint density at radius 3 is 2.32 bits per heavy atom. The predicted octanol–water partition coefficient (Wildman–Crippen LogP) is 5.17. The third kappa shape index (κ3) is 7.44. The second kappa shape index (κ2) is 9.67. The van der Waals surface area contributed by atoms with Crippen LogP contribution in [0, 0.1) is 5.92 Å². The van der Waals surface area contributed by atoms with Crippen LogP contribution in [0.1, 0.15) is 39.7 Å². The summed E-state index contributed by atoms with van der Waals surface area (Å²) in [6.45, 7) is 18.0. The van der Waals surface area contributed by atoms with Crippen LogP contribution < -0.4 is 0 Å². The maximum Gasteiger partial charge on any atom is 0.192 e. The number of benzene rings is 1. The molecule has 0 bridgehead atoms. The largest absolute Gasteiger partial charge is 0.411 e. The fraction of sp³-hybridized carbons (Fsp3) is 0.619. The van der Waals surface area contributed by atoms with Crippen LogP contribution in [0.4, 0.5) is 0 Å². The summed E-state index contributed by atoms with van der Waals surface area (Å²) in [5.41, 5.74) is 1.15. The molecule has 0 saturated carbocycles. The first kappa shape index (κ1) is 22.1. The van der Waals surface area contributed by atoms with Crippen LogP contribution in [0.2, 0.25) is 18.1 Å². The Morgan fingerprint density at radius 1 is 1.20 bits per heavy atom. The molecule has 0 aliphatic carbocycles. The lowest BCUT2D eigenvalue weighted by atomic mass is 10.00. The number of hydrogen-bond donors (Lipinski definition) is 1. The van der Waals surface area contributed by atoms with Crippen LogP contribution in [0.5, 0.6) is 0 Å². The van der Waals surface area contributed by atoms with Gasteiger partial charge in [0.05, 0.1) is 25.4 Å². The van der Waals surface area contributed by atoms with Crippen molar-refractivity contribution in [3.63, 3.8) is 0 Å². The average molecular weight is 365 g/mol. The van der Waals surface area contributed by atoms with Gasteiger partial charge in [0, 0.05) is 6.42 Å². The molecular formula is C21H36O3Si. The van der Waals surface area contributed by atoms with Crippen LogP contribution in [-0.2, 0) is 15.8 Å². The zero-order chi connectivity index (χ0) is 19.1. The van der Waals surface area contributed by atoms with Gasteiger partial charge in [0.15, 0.2) is 8.32 Å². The van der Waals surface area contributed by atoms with E-state index in [9.17, 15) is 5.11 Å². The smallest absolute Gasteiger partial charge is 0.192 e. The predicted molar refractivity (Wildman–Crippen MR) is 108 cm³/mol. The molecule has 0 fully saturated rings. The van der Waals surface area contributed by atoms with Crippen molar-refractivity contribution in [1.29, 1.82) is 0 Å². The first-order chi connectivity index (χ1) is 11.6. The van der Waals surface area contributed by atoms with Gasteiger partial charge in [-0.25, -0.2) is 0 Å². The van der Waals surface area contributed by atoms with Crippen LogP contribution in [0.15, 0.2) is 43.0 Å². The van der Waals surface area contributed by atoms with Gasteiger partial charge in [0.1, 0.15) is 0 Å². The monoisotopic (exact) mass is 364 g/mol. The van der Waals surface area contributed by atoms with Crippen LogP contribution >= 0.6 is 0 Å². The lowest BCUT2D eigenvalue weighted by Gasteiger charge is -2.40. The Kier molecular flexibility index (Phi) is 8.55. The summed E-state index contributed by atoms with van der Waals surface area (Å²) in [6.07, 6.45) is 1.78. The topological polar surface area (TPSA) is 38.7 Å². The van der Waals surface area contributed by atoms with Gasteiger partial charge in [0.25, 0.3) is 0 Å². The van der Waals surface area contributed by atoms with E-state index in [1.54, 1.807) is 6.08 Å². The van der Waals surface area contributed by atoms with Crippen LogP contribution in [-0.4, -0.2) is 32.2 Å². The number of aliphatic hydroxyl groups is 1. The summed E-state index contributed by atoms with van der Waals surface area (Å²) in [5.74, 6) is 0.0413. The molecule has 1 aromatic carbocycles. The Morgan fingerprint density at radius 2 is 1.80 bits per heavy atom. The zero-order valence-corrected chi connectivity index (χ0v) is 17.8. The van der Waals surface area contributed by atoms with Crippen molar-refractivity contribution in [2.24, 2.45) is 5.92 Å². The molecule has 0 heterocycles. The maximum atomic E-state index is 10.4. The molecular weight excluding hydrogens is 328 g/mol. The van der Waals surface area contributed by atoms with Gasteiger partial charge < -0.3 is 14.3 Å². The molecule has 25 heavy (non-hydrogen) atoms. The molecule has 4 heteroatoms. The first-order valence-corrected chi connectivity index (χ1v) is 12.1. The molecule has 0 unspecified atom stereocenters. The van der Waals surface area contributed by atoms with Crippen LogP contribution in [0.3, 0.4) is 0 Å². The van der Waals surface area contributed by atoms with E-state index in [1.807, 2.05) is 25.1 Å². The van der Waals surface area contributed by atoms with E-state index >= 15 is 0 Å². The maximum absolute atomic E-state index is 10.4. The summed E-state index contributed by atoms with van der Waals surface area (Å²) in [7, 11) is -1.93. The van der Waals surface area contributed by atoms with E-state index in [4.69, 9.17) is 9.16 Å². The molecule has 0 saturated heterocycles. The summed E-state index contributed by atoms with van der Waals surface area (Å²) in [6, 6.07) is 10.1. The van der Waals surface area contributed by atoms with Gasteiger partial charge in [-0.05, 0) is 29.6 Å². The summed E-state index contributed by atoms with van der Waals surface area (Å²) in [5, 5.41) is 10.5. The molecule has 1 aromatic rings. The first-order valence-electron chi connectivity index (χ1n) is 9.17. The summed E-state index contributed by atoms with van der Waals surface area (Å²) in [4.78, 5) is 0. The molecule has 0 radical (unpaired) electrons. The fourth-order valence-electron chi connectivity index (χ4n) is 2.27. The van der Waals surface area contributed by atoms with Gasteiger partial charge in [-0.2, -0.15) is 0 Å². The number of aliphatic hydroxyl groups excluding tert-OH is 1. The standard InChI is InChI=1S/C21H36O3Si/c1-8-17(2)20(22)14-19(24-25(6,7)21(3,4)5)16-23-15-18-12-10-9-11-13-18/h8-13,17,19-20,22H,1,14-16H2,2-7H3/t17-,19+,20+/m1/s1. The van der Waals surface area contributed by atoms with E-state index in [0.29, 0.717) is 19.6 Å². The van der Waals surface area contributed by atoms with E-state index in [2.05, 4.69) is 52.6 Å². The van der Waals surface area contributed by atoms with Gasteiger partial charge >= 0.3 is 0 Å². The van der Waals surface area contributed by atoms with Crippen molar-refractivity contribution in [2.75, 3.05) is 6.61 Å². The normalized spacial score (nSPS) is 16.3. The Hall–Kier alpha value is -0.943. The van der Waals surface area contributed by atoms with E-state index in [1.165, 1.54) is 0 Å². The second-order valence-electron chi connectivity index (χ2n) is 8.40. The van der Waals surface area contributed by atoms with Crippen LogP contribution in [0.25, 0.3) is 0 Å². The number of ether oxygens (including phenoxy) is 1. The fourth-order valence-corrected chi connectivity index (χ4v) is 3.62. The Labute approximate surface area is 155 Å². The number of rotatable bonds is 10. The number of hydrogen-bond acceptors (Lipinski definition) is 3. The lowest BCUT2D eigenvalue weighted by molar-refractivity contribution is 0.000370. The molecule has 3 atom stereocenters. The Balaban J connectivity index is 2.71. The highest BCUT2D eigenvalue weighted by molar-refractivity contribution is 6.74. The molecule has 0 aliphatic rings. The molecule has 142 valence electrons. The Bertz CT molecular complexity index is 508. The van der Waals surface area contributed by atoms with Gasteiger partial charge in [0.2, 0.25) is 0 Å². The minimum atomic E-state index is -1.93. The zero-order valence-electron chi connectivity index (χ0n) is 16.8. The minimum absolute atomic E-state index is 0.0413. The lowest BCUT2D eigenvalue weighted by Crippen LogP contribution is -2.46. The van der Waals surface area contributed by atoms with Crippen molar-refractivity contribution in [3.8, 4) is 0 Å². The molecule has 3 nitrogen and oxygen atoms in total. The minimum Gasteiger partial charge on any atom is -0.411 e. The quantitative estimate of drug-likeness (QED) is 0.460. The van der Waals surface area contributed by atoms with Crippen molar-refractivity contribution < 1.29 is 14.3 Å². The highest BCUT2D eigenvalue weighted by Gasteiger charge is 2.39. The van der Waals surface area contributed by atoms with E-state index in [0.717, 1.165) is 5.56 Å². The summed E-state index contributed by atoms with van der Waals surface area (Å²) >= 11 is 0. The van der Waals surface area contributed by atoms with Crippen molar-refractivity contribution in [2.45, 2.75) is 71.1 Å². The third-order valence-corrected chi connectivity index (χ3v) is 9.70. The molecule has 1 rings (SSSR count). The van der Waals surface area contributed by atoms with Gasteiger partial charge in [-0.15, -0.1) is 6.58 Å². The highest BCUT2D eigenvalue weighted by atomic mass is 28.4. The molecule has 1 N–H and O–H groups in total. The van der Waals surface area contributed by atoms with Gasteiger partial charge in [-0.1, -0.05) is 64.1 Å². The van der Waals surface area contributed by atoms with Crippen molar-refractivity contribution >= 4 is 8.32 Å². The molecule has 0 spiro atoms. The average Bonchev–Trinajstić information content (AvgIpc) is 2.53. The molecule has 0 amide bonds. The summed E-state index contributed by atoms with van der Waals surface area (Å²) < 4.78 is 12.4. The van der Waals surface area contributed by atoms with Gasteiger partial charge in [-0.3, -0.25) is 0 Å². The SMILES string of the molecule is C=C[C@@H](C)[C@@H](O)C[C@@H](COCc1ccccc1)O[Si](C)(C)C(C)(C)C.